The van der Waals surface area contributed by atoms with Gasteiger partial charge in [0.2, 0.25) is 0 Å². The molecule has 2 heterocycles. The van der Waals surface area contributed by atoms with Crippen molar-refractivity contribution in [2.75, 3.05) is 31.2 Å². The van der Waals surface area contributed by atoms with Crippen molar-refractivity contribution in [1.82, 2.24) is 21.2 Å². The summed E-state index contributed by atoms with van der Waals surface area (Å²) in [6, 6.07) is 9.09. The molecule has 9 heteroatoms. The van der Waals surface area contributed by atoms with Gasteiger partial charge in [0, 0.05) is 18.5 Å². The smallest absolute Gasteiger partial charge is 0.333 e. The van der Waals surface area contributed by atoms with Crippen LogP contribution in [0.4, 0.5) is 9.93 Å². The number of benzene rings is 1. The summed E-state index contributed by atoms with van der Waals surface area (Å²) >= 11 is 1.40. The second kappa shape index (κ2) is 9.52. The SMILES string of the molecule is CC(C)C(NC(=O)NNC(=O)c1csc(N2CCOCC2)n1)c1ccccc1. The van der Waals surface area contributed by atoms with Gasteiger partial charge in [-0.2, -0.15) is 0 Å². The van der Waals surface area contributed by atoms with Crippen LogP contribution < -0.4 is 21.1 Å². The number of carbonyl (C=O) groups is 2. The summed E-state index contributed by atoms with van der Waals surface area (Å²) in [5, 5.41) is 5.35. The molecule has 3 N–H and O–H groups in total. The first-order valence-corrected chi connectivity index (χ1v) is 10.1. The summed E-state index contributed by atoms with van der Waals surface area (Å²) in [6.45, 7) is 6.87. The number of hydrogen-bond acceptors (Lipinski definition) is 6. The number of aromatic nitrogens is 1. The molecule has 0 bridgehead atoms. The minimum atomic E-state index is -0.473. The number of amides is 3. The van der Waals surface area contributed by atoms with E-state index >= 15 is 0 Å². The van der Waals surface area contributed by atoms with E-state index < -0.39 is 11.9 Å². The van der Waals surface area contributed by atoms with E-state index in [-0.39, 0.29) is 17.7 Å². The number of carbonyl (C=O) groups excluding carboxylic acids is 2. The van der Waals surface area contributed by atoms with Crippen LogP contribution in [-0.4, -0.2) is 43.2 Å². The van der Waals surface area contributed by atoms with Crippen LogP contribution in [0.2, 0.25) is 0 Å². The number of rotatable bonds is 5. The van der Waals surface area contributed by atoms with E-state index in [1.165, 1.54) is 11.3 Å². The molecule has 1 aromatic heterocycles. The van der Waals surface area contributed by atoms with E-state index in [1.54, 1.807) is 5.38 Å². The highest BCUT2D eigenvalue weighted by Crippen LogP contribution is 2.22. The molecule has 150 valence electrons. The molecule has 1 aliphatic heterocycles. The summed E-state index contributed by atoms with van der Waals surface area (Å²) in [5.41, 5.74) is 6.10. The number of hydrogen-bond donors (Lipinski definition) is 3. The Morgan fingerprint density at radius 1 is 1.14 bits per heavy atom. The molecule has 0 radical (unpaired) electrons. The molecule has 1 atom stereocenters. The highest BCUT2D eigenvalue weighted by atomic mass is 32.1. The molecular formula is C19H25N5O3S. The van der Waals surface area contributed by atoms with Crippen LogP contribution in [0, 0.1) is 5.92 Å². The Labute approximate surface area is 168 Å². The van der Waals surface area contributed by atoms with Gasteiger partial charge in [-0.05, 0) is 11.5 Å². The van der Waals surface area contributed by atoms with Gasteiger partial charge in [0.15, 0.2) is 5.13 Å². The Balaban J connectivity index is 1.52. The van der Waals surface area contributed by atoms with E-state index in [9.17, 15) is 9.59 Å². The lowest BCUT2D eigenvalue weighted by Gasteiger charge is -2.25. The molecule has 1 saturated heterocycles. The molecule has 1 unspecified atom stereocenters. The van der Waals surface area contributed by atoms with Crippen molar-refractivity contribution in [2.24, 2.45) is 5.92 Å². The highest BCUT2D eigenvalue weighted by molar-refractivity contribution is 7.13. The third kappa shape index (κ3) is 5.20. The Morgan fingerprint density at radius 2 is 1.86 bits per heavy atom. The molecule has 3 rings (SSSR count). The van der Waals surface area contributed by atoms with E-state index in [0.29, 0.717) is 13.2 Å². The summed E-state index contributed by atoms with van der Waals surface area (Å²) in [4.78, 5) is 31.0. The maximum absolute atomic E-state index is 12.3. The van der Waals surface area contributed by atoms with Gasteiger partial charge < -0.3 is 15.0 Å². The third-order valence-corrected chi connectivity index (χ3v) is 5.31. The van der Waals surface area contributed by atoms with Crippen LogP contribution in [0.1, 0.15) is 35.9 Å². The zero-order valence-corrected chi connectivity index (χ0v) is 16.8. The van der Waals surface area contributed by atoms with Crippen LogP contribution in [0.3, 0.4) is 0 Å². The van der Waals surface area contributed by atoms with Crippen molar-refractivity contribution in [3.63, 3.8) is 0 Å². The van der Waals surface area contributed by atoms with Gasteiger partial charge in [0.05, 0.1) is 19.3 Å². The van der Waals surface area contributed by atoms with Gasteiger partial charge in [-0.1, -0.05) is 44.2 Å². The zero-order chi connectivity index (χ0) is 19.9. The van der Waals surface area contributed by atoms with Crippen LogP contribution in [0.5, 0.6) is 0 Å². The number of nitrogens with zero attached hydrogens (tertiary/aromatic N) is 2. The molecule has 0 saturated carbocycles. The number of hydrazine groups is 1. The lowest BCUT2D eigenvalue weighted by atomic mass is 9.96. The van der Waals surface area contributed by atoms with Crippen LogP contribution >= 0.6 is 11.3 Å². The second-order valence-corrected chi connectivity index (χ2v) is 7.64. The van der Waals surface area contributed by atoms with Gasteiger partial charge in [0.25, 0.3) is 5.91 Å². The molecule has 2 aromatic rings. The van der Waals surface area contributed by atoms with Crippen molar-refractivity contribution in [1.29, 1.82) is 0 Å². The number of thiazole rings is 1. The molecular weight excluding hydrogens is 378 g/mol. The minimum absolute atomic E-state index is 0.162. The number of urea groups is 1. The second-order valence-electron chi connectivity index (χ2n) is 6.80. The first-order valence-electron chi connectivity index (χ1n) is 9.24. The number of nitrogens with one attached hydrogen (secondary N) is 3. The Bertz CT molecular complexity index is 790. The van der Waals surface area contributed by atoms with E-state index in [2.05, 4.69) is 26.1 Å². The molecule has 1 aliphatic rings. The maximum atomic E-state index is 12.3. The molecule has 0 spiro atoms. The molecule has 1 aromatic carbocycles. The van der Waals surface area contributed by atoms with Crippen molar-refractivity contribution >= 4 is 28.4 Å². The highest BCUT2D eigenvalue weighted by Gasteiger charge is 2.20. The Hall–Kier alpha value is -2.65. The van der Waals surface area contributed by atoms with Crippen LogP contribution in [-0.2, 0) is 4.74 Å². The quantitative estimate of drug-likeness (QED) is 0.666. The monoisotopic (exact) mass is 403 g/mol. The fraction of sp³-hybridized carbons (Fsp3) is 0.421. The average molecular weight is 404 g/mol. The van der Waals surface area contributed by atoms with Gasteiger partial charge in [-0.15, -0.1) is 11.3 Å². The molecule has 0 aliphatic carbocycles. The van der Waals surface area contributed by atoms with Gasteiger partial charge in [-0.3, -0.25) is 10.2 Å². The topological polar surface area (TPSA) is 95.6 Å². The lowest BCUT2D eigenvalue weighted by Crippen LogP contribution is -2.48. The molecule has 28 heavy (non-hydrogen) atoms. The summed E-state index contributed by atoms with van der Waals surface area (Å²) in [5.74, 6) is -0.259. The average Bonchev–Trinajstić information content (AvgIpc) is 3.22. The first-order chi connectivity index (χ1) is 13.5. The first kappa shape index (κ1) is 20.1. The molecule has 8 nitrogen and oxygen atoms in total. The van der Waals surface area contributed by atoms with E-state index in [4.69, 9.17) is 4.74 Å². The van der Waals surface area contributed by atoms with E-state index in [1.807, 2.05) is 44.2 Å². The number of anilines is 1. The lowest BCUT2D eigenvalue weighted by molar-refractivity contribution is 0.0931. The standard InChI is InChI=1S/C19H25N5O3S/c1-13(2)16(14-6-4-3-5-7-14)21-18(26)23-22-17(25)15-12-28-19(20-15)24-8-10-27-11-9-24/h3-7,12-13,16H,8-11H2,1-2H3,(H,22,25)(H2,21,23,26). The van der Waals surface area contributed by atoms with Gasteiger partial charge in [0.1, 0.15) is 5.69 Å². The fourth-order valence-corrected chi connectivity index (χ4v) is 3.78. The van der Waals surface area contributed by atoms with Crippen molar-refractivity contribution < 1.29 is 14.3 Å². The maximum Gasteiger partial charge on any atom is 0.333 e. The largest absolute Gasteiger partial charge is 0.378 e. The third-order valence-electron chi connectivity index (χ3n) is 4.41. The van der Waals surface area contributed by atoms with E-state index in [0.717, 1.165) is 23.8 Å². The van der Waals surface area contributed by atoms with Crippen molar-refractivity contribution in [3.8, 4) is 0 Å². The number of morpholine rings is 1. The molecule has 3 amide bonds. The normalized spacial score (nSPS) is 15.2. The van der Waals surface area contributed by atoms with Gasteiger partial charge in [-0.25, -0.2) is 15.2 Å². The van der Waals surface area contributed by atoms with Crippen molar-refractivity contribution in [2.45, 2.75) is 19.9 Å². The summed E-state index contributed by atoms with van der Waals surface area (Å²) in [7, 11) is 0. The van der Waals surface area contributed by atoms with Crippen molar-refractivity contribution in [3.05, 3.63) is 47.0 Å². The number of ether oxygens (including phenoxy) is 1. The Kier molecular flexibility index (Phi) is 6.83. The zero-order valence-electron chi connectivity index (χ0n) is 16.0. The fourth-order valence-electron chi connectivity index (χ4n) is 2.92. The van der Waals surface area contributed by atoms with Gasteiger partial charge >= 0.3 is 6.03 Å². The molecule has 1 fully saturated rings. The summed E-state index contributed by atoms with van der Waals surface area (Å²) in [6.07, 6.45) is 0. The van der Waals surface area contributed by atoms with Crippen LogP contribution in [0.15, 0.2) is 35.7 Å². The predicted octanol–water partition coefficient (Wildman–Crippen LogP) is 2.32. The summed E-state index contributed by atoms with van der Waals surface area (Å²) < 4.78 is 5.32. The van der Waals surface area contributed by atoms with Crippen LogP contribution in [0.25, 0.3) is 0 Å². The minimum Gasteiger partial charge on any atom is -0.378 e. The Morgan fingerprint density at radius 3 is 2.54 bits per heavy atom. The predicted molar refractivity (Wildman–Crippen MR) is 108 cm³/mol.